The molecule has 5 rings (SSSR count). The van der Waals surface area contributed by atoms with Crippen LogP contribution in [0.4, 0.5) is 30.5 Å². The first-order valence-electron chi connectivity index (χ1n) is 10.7. The summed E-state index contributed by atoms with van der Waals surface area (Å²) in [5, 5.41) is 6.33. The van der Waals surface area contributed by atoms with Crippen molar-refractivity contribution in [3.05, 3.63) is 76.3 Å². The summed E-state index contributed by atoms with van der Waals surface area (Å²) in [6, 6.07) is 13.1. The molecule has 6 nitrogen and oxygen atoms in total. The molecule has 180 valence electrons. The highest BCUT2D eigenvalue weighted by atomic mass is 35.5. The number of hydrogen-bond donors (Lipinski definition) is 3. The highest BCUT2D eigenvalue weighted by Gasteiger charge is 2.36. The molecule has 2 heterocycles. The van der Waals surface area contributed by atoms with Crippen LogP contribution in [0.15, 0.2) is 54.6 Å². The molecule has 0 unspecified atom stereocenters. The van der Waals surface area contributed by atoms with Crippen molar-refractivity contribution in [2.75, 3.05) is 10.6 Å². The molecule has 35 heavy (non-hydrogen) atoms. The normalized spacial score (nSPS) is 14.5. The van der Waals surface area contributed by atoms with Crippen LogP contribution in [-0.2, 0) is 12.6 Å². The van der Waals surface area contributed by atoms with Crippen molar-refractivity contribution in [3.8, 4) is 5.75 Å². The third-order valence-electron chi connectivity index (χ3n) is 5.65. The summed E-state index contributed by atoms with van der Waals surface area (Å²) in [5.41, 5.74) is 1.85. The minimum absolute atomic E-state index is 0.236. The van der Waals surface area contributed by atoms with Crippen molar-refractivity contribution in [1.29, 1.82) is 0 Å². The fraction of sp³-hybridized carbons (Fsp3) is 0.200. The molecular weight excluding hydrogens is 481 g/mol. The Labute approximate surface area is 203 Å². The van der Waals surface area contributed by atoms with Gasteiger partial charge in [-0.2, -0.15) is 13.2 Å². The number of imidazole rings is 1. The van der Waals surface area contributed by atoms with E-state index in [9.17, 15) is 18.0 Å². The molecule has 0 aliphatic carbocycles. The van der Waals surface area contributed by atoms with E-state index in [1.165, 1.54) is 12.1 Å². The molecule has 3 aromatic carbocycles. The Morgan fingerprint density at radius 1 is 1.14 bits per heavy atom. The number of halogens is 4. The second-order valence-corrected chi connectivity index (χ2v) is 9.29. The maximum absolute atomic E-state index is 13.2. The van der Waals surface area contributed by atoms with Crippen LogP contribution < -0.4 is 15.4 Å². The first kappa shape index (κ1) is 23.0. The van der Waals surface area contributed by atoms with Gasteiger partial charge in [0.05, 0.1) is 32.9 Å². The number of aromatic amines is 1. The number of anilines is 3. The van der Waals surface area contributed by atoms with Crippen molar-refractivity contribution in [2.24, 2.45) is 0 Å². The lowest BCUT2D eigenvalue weighted by atomic mass is 9.98. The summed E-state index contributed by atoms with van der Waals surface area (Å²) in [7, 11) is 0. The number of carbonyl (C=O) groups excluding carboxylic acids is 1. The largest absolute Gasteiger partial charge is 0.486 e. The maximum Gasteiger partial charge on any atom is 0.416 e. The van der Waals surface area contributed by atoms with E-state index in [4.69, 9.17) is 16.3 Å². The van der Waals surface area contributed by atoms with Gasteiger partial charge in [0.15, 0.2) is 0 Å². The predicted octanol–water partition coefficient (Wildman–Crippen LogP) is 6.94. The highest BCUT2D eigenvalue weighted by molar-refractivity contribution is 6.33. The Bertz CT molecular complexity index is 1450. The standard InChI is InChI=1S/C25H20ClF3N4O2/c1-24(2)12-16-20-19(32-23(33-20)31-18-6-4-3-5-17(18)26)11-15(21(16)35-24)22(34)30-14-9-7-13(8-10-14)25(27,28)29/h3-11H,12H2,1-2H3,(H,30,34)(H2,31,32,33). The van der Waals surface area contributed by atoms with Gasteiger partial charge in [0, 0.05) is 17.7 Å². The molecule has 1 amide bonds. The zero-order chi connectivity index (χ0) is 25.0. The molecule has 1 aromatic heterocycles. The van der Waals surface area contributed by atoms with E-state index in [1.807, 2.05) is 32.0 Å². The number of ether oxygens (including phenoxy) is 1. The molecule has 0 saturated carbocycles. The molecule has 4 aromatic rings. The van der Waals surface area contributed by atoms with Crippen molar-refractivity contribution in [3.63, 3.8) is 0 Å². The molecular formula is C25H20ClF3N4O2. The van der Waals surface area contributed by atoms with Gasteiger partial charge < -0.3 is 20.4 Å². The predicted molar refractivity (Wildman–Crippen MR) is 129 cm³/mol. The molecule has 1 aliphatic heterocycles. The van der Waals surface area contributed by atoms with Crippen LogP contribution in [-0.4, -0.2) is 21.5 Å². The van der Waals surface area contributed by atoms with Crippen LogP contribution in [0.1, 0.15) is 35.3 Å². The summed E-state index contributed by atoms with van der Waals surface area (Å²) >= 11 is 6.24. The van der Waals surface area contributed by atoms with Gasteiger partial charge in [-0.1, -0.05) is 23.7 Å². The Hall–Kier alpha value is -3.72. The Balaban J connectivity index is 1.50. The lowest BCUT2D eigenvalue weighted by Gasteiger charge is -2.18. The van der Waals surface area contributed by atoms with Gasteiger partial charge in [-0.3, -0.25) is 4.79 Å². The van der Waals surface area contributed by atoms with E-state index in [0.29, 0.717) is 39.9 Å². The zero-order valence-electron chi connectivity index (χ0n) is 18.7. The molecule has 0 saturated heterocycles. The van der Waals surface area contributed by atoms with E-state index in [0.717, 1.165) is 17.7 Å². The lowest BCUT2D eigenvalue weighted by molar-refractivity contribution is -0.137. The number of aromatic nitrogens is 2. The number of rotatable bonds is 4. The summed E-state index contributed by atoms with van der Waals surface area (Å²) in [6.07, 6.45) is -3.93. The van der Waals surface area contributed by atoms with E-state index in [2.05, 4.69) is 20.6 Å². The summed E-state index contributed by atoms with van der Waals surface area (Å²) in [4.78, 5) is 21.0. The smallest absolute Gasteiger partial charge is 0.416 e. The van der Waals surface area contributed by atoms with E-state index in [-0.39, 0.29) is 11.3 Å². The average Bonchev–Trinajstić information content (AvgIpc) is 3.33. The number of alkyl halides is 3. The second-order valence-electron chi connectivity index (χ2n) is 8.89. The van der Waals surface area contributed by atoms with E-state index in [1.54, 1.807) is 12.1 Å². The van der Waals surface area contributed by atoms with E-state index < -0.39 is 23.2 Å². The van der Waals surface area contributed by atoms with Crippen LogP contribution in [0.2, 0.25) is 5.02 Å². The average molecular weight is 501 g/mol. The Morgan fingerprint density at radius 2 is 1.86 bits per heavy atom. The van der Waals surface area contributed by atoms with Gasteiger partial charge in [-0.25, -0.2) is 4.98 Å². The van der Waals surface area contributed by atoms with Crippen LogP contribution in [0, 0.1) is 0 Å². The number of nitrogens with one attached hydrogen (secondary N) is 3. The number of benzene rings is 3. The first-order chi connectivity index (χ1) is 16.5. The van der Waals surface area contributed by atoms with Crippen LogP contribution in [0.25, 0.3) is 11.0 Å². The first-order valence-corrected chi connectivity index (χ1v) is 11.1. The summed E-state index contributed by atoms with van der Waals surface area (Å²) in [5.74, 6) is 0.346. The molecule has 10 heteroatoms. The minimum atomic E-state index is -4.45. The topological polar surface area (TPSA) is 79.0 Å². The molecule has 1 aliphatic rings. The van der Waals surface area contributed by atoms with Crippen molar-refractivity contribution in [2.45, 2.75) is 32.0 Å². The number of H-pyrrole nitrogens is 1. The number of nitrogens with zero attached hydrogens (tertiary/aromatic N) is 1. The SMILES string of the molecule is CC1(C)Cc2c(c(C(=O)Nc3ccc(C(F)(F)F)cc3)cc3[nH]c(Nc4ccccc4Cl)nc23)O1. The molecule has 3 N–H and O–H groups in total. The van der Waals surface area contributed by atoms with Gasteiger partial charge in [0.25, 0.3) is 5.91 Å². The van der Waals surface area contributed by atoms with Crippen molar-refractivity contribution < 1.29 is 22.7 Å². The lowest BCUT2D eigenvalue weighted by Crippen LogP contribution is -2.25. The van der Waals surface area contributed by atoms with Crippen molar-refractivity contribution in [1.82, 2.24) is 9.97 Å². The number of amides is 1. The third kappa shape index (κ3) is 4.51. The number of fused-ring (bicyclic) bond motifs is 3. The number of carbonyl (C=O) groups is 1. The highest BCUT2D eigenvalue weighted by Crippen LogP contribution is 2.42. The molecule has 0 fully saturated rings. The summed E-state index contributed by atoms with van der Waals surface area (Å²) in [6.45, 7) is 3.82. The van der Waals surface area contributed by atoms with E-state index >= 15 is 0 Å². The number of para-hydroxylation sites is 1. The summed E-state index contributed by atoms with van der Waals surface area (Å²) < 4.78 is 44.7. The van der Waals surface area contributed by atoms with Crippen LogP contribution in [0.3, 0.4) is 0 Å². The quantitative estimate of drug-likeness (QED) is 0.283. The molecule has 0 bridgehead atoms. The third-order valence-corrected chi connectivity index (χ3v) is 5.98. The van der Waals surface area contributed by atoms with Gasteiger partial charge in [-0.05, 0) is 56.3 Å². The molecule has 0 spiro atoms. The minimum Gasteiger partial charge on any atom is -0.486 e. The fourth-order valence-corrected chi connectivity index (χ4v) is 4.26. The monoisotopic (exact) mass is 500 g/mol. The Morgan fingerprint density at radius 3 is 2.54 bits per heavy atom. The van der Waals surface area contributed by atoms with Gasteiger partial charge >= 0.3 is 6.18 Å². The maximum atomic E-state index is 13.2. The van der Waals surface area contributed by atoms with Crippen molar-refractivity contribution >= 4 is 45.9 Å². The van der Waals surface area contributed by atoms with Gasteiger partial charge in [0.1, 0.15) is 11.4 Å². The molecule has 0 radical (unpaired) electrons. The Kier molecular flexibility index (Phi) is 5.40. The van der Waals surface area contributed by atoms with Gasteiger partial charge in [-0.15, -0.1) is 0 Å². The van der Waals surface area contributed by atoms with Crippen LogP contribution >= 0.6 is 11.6 Å². The molecule has 0 atom stereocenters. The fourth-order valence-electron chi connectivity index (χ4n) is 4.08. The van der Waals surface area contributed by atoms with Gasteiger partial charge in [0.2, 0.25) is 5.95 Å². The van der Waals surface area contributed by atoms with Crippen LogP contribution in [0.5, 0.6) is 5.75 Å². The second kappa shape index (κ2) is 8.20. The zero-order valence-corrected chi connectivity index (χ0v) is 19.4. The number of hydrogen-bond acceptors (Lipinski definition) is 4.